The average Bonchev–Trinajstić information content (AvgIpc) is 3.28. The number of ether oxygens (including phenoxy) is 2. The predicted octanol–water partition coefficient (Wildman–Crippen LogP) is 6.81. The average molecular weight is 567 g/mol. The number of esters is 1. The van der Waals surface area contributed by atoms with E-state index in [4.69, 9.17) is 9.47 Å². The molecular weight excluding hydrogens is 535 g/mol. The second kappa shape index (κ2) is 11.9. The Hall–Kier alpha value is -4.98. The zero-order valence-corrected chi connectivity index (χ0v) is 23.6. The summed E-state index contributed by atoms with van der Waals surface area (Å²) in [5.74, 6) is -2.73. The van der Waals surface area contributed by atoms with E-state index in [2.05, 4.69) is 5.43 Å². The van der Waals surface area contributed by atoms with E-state index < -0.39 is 29.4 Å². The Morgan fingerprint density at radius 1 is 0.810 bits per heavy atom. The number of hydrogen-bond acceptors (Lipinski definition) is 5. The van der Waals surface area contributed by atoms with Crippen LogP contribution in [0.4, 0.5) is 14.9 Å². The van der Waals surface area contributed by atoms with Crippen LogP contribution in [0, 0.1) is 5.82 Å². The van der Waals surface area contributed by atoms with Crippen LogP contribution in [0.25, 0.3) is 11.1 Å². The van der Waals surface area contributed by atoms with Crippen molar-refractivity contribution in [3.8, 4) is 11.1 Å². The van der Waals surface area contributed by atoms with Gasteiger partial charge in [-0.25, -0.2) is 24.4 Å². The predicted molar refractivity (Wildman–Crippen MR) is 157 cm³/mol. The summed E-state index contributed by atoms with van der Waals surface area (Å²) in [6, 6.07) is 28.7. The molecule has 0 fully saturated rings. The van der Waals surface area contributed by atoms with Crippen molar-refractivity contribution in [3.63, 3.8) is 0 Å². The Morgan fingerprint density at radius 2 is 1.40 bits per heavy atom. The molecule has 42 heavy (non-hydrogen) atoms. The van der Waals surface area contributed by atoms with Crippen LogP contribution in [-0.4, -0.2) is 30.2 Å². The number of hydrogen-bond donors (Lipinski definition) is 1. The van der Waals surface area contributed by atoms with Gasteiger partial charge in [-0.15, -0.1) is 0 Å². The van der Waals surface area contributed by atoms with Crippen molar-refractivity contribution in [1.29, 1.82) is 0 Å². The number of nitrogens with one attached hydrogen (secondary N) is 1. The fourth-order valence-electron chi connectivity index (χ4n) is 5.01. The molecule has 2 amide bonds. The van der Waals surface area contributed by atoms with Gasteiger partial charge in [0.05, 0.1) is 12.0 Å². The van der Waals surface area contributed by atoms with Gasteiger partial charge >= 0.3 is 12.1 Å². The standard InChI is InChI=1S/C34H31FN2O5/c1-34(2,3)42-32(39)27-18-11-19-29(31(27)35)37(30(38)20-22-12-5-4-6-13-22)36-33(40)41-21-28-25-16-9-7-14-23(25)24-15-8-10-17-26(24)28/h4-19,28H,20-21H2,1-3H3,(H,36,40). The van der Waals surface area contributed by atoms with Crippen molar-refractivity contribution in [2.24, 2.45) is 0 Å². The number of carbonyl (C=O) groups excluding carboxylic acids is 3. The highest BCUT2D eigenvalue weighted by atomic mass is 19.1. The molecule has 0 spiro atoms. The highest BCUT2D eigenvalue weighted by molar-refractivity contribution is 5.98. The van der Waals surface area contributed by atoms with E-state index in [1.807, 2.05) is 54.6 Å². The van der Waals surface area contributed by atoms with Crippen LogP contribution in [0.2, 0.25) is 0 Å². The lowest BCUT2D eigenvalue weighted by atomic mass is 9.98. The smallest absolute Gasteiger partial charge is 0.426 e. The first kappa shape index (κ1) is 28.5. The Morgan fingerprint density at radius 3 is 2.02 bits per heavy atom. The van der Waals surface area contributed by atoms with Crippen LogP contribution in [0.15, 0.2) is 97.1 Å². The summed E-state index contributed by atoms with van der Waals surface area (Å²) in [5.41, 5.74) is 5.73. The van der Waals surface area contributed by atoms with E-state index in [0.717, 1.165) is 27.3 Å². The normalized spacial score (nSPS) is 12.2. The summed E-state index contributed by atoms with van der Waals surface area (Å²) in [7, 11) is 0. The zero-order chi connectivity index (χ0) is 29.9. The largest absolute Gasteiger partial charge is 0.456 e. The zero-order valence-electron chi connectivity index (χ0n) is 23.6. The first-order valence-corrected chi connectivity index (χ1v) is 13.6. The van der Waals surface area contributed by atoms with Crippen LogP contribution in [-0.2, 0) is 20.7 Å². The van der Waals surface area contributed by atoms with Gasteiger partial charge in [0.25, 0.3) is 0 Å². The number of halogens is 1. The van der Waals surface area contributed by atoms with Gasteiger partial charge in [-0.1, -0.05) is 84.9 Å². The molecule has 0 aliphatic heterocycles. The van der Waals surface area contributed by atoms with Gasteiger partial charge in [-0.3, -0.25) is 4.79 Å². The van der Waals surface area contributed by atoms with Gasteiger partial charge in [0.15, 0.2) is 5.82 Å². The first-order chi connectivity index (χ1) is 20.1. The molecule has 4 aromatic carbocycles. The van der Waals surface area contributed by atoms with E-state index in [1.165, 1.54) is 18.2 Å². The molecule has 0 saturated heterocycles. The fourth-order valence-corrected chi connectivity index (χ4v) is 5.01. The highest BCUT2D eigenvalue weighted by Crippen LogP contribution is 2.44. The summed E-state index contributed by atoms with van der Waals surface area (Å²) in [5, 5.41) is 0.787. The molecule has 7 nitrogen and oxygen atoms in total. The molecule has 0 aromatic heterocycles. The fraction of sp³-hybridized carbons (Fsp3) is 0.206. The molecule has 5 rings (SSSR count). The molecule has 0 saturated carbocycles. The van der Waals surface area contributed by atoms with Gasteiger partial charge in [0, 0.05) is 5.92 Å². The summed E-state index contributed by atoms with van der Waals surface area (Å²) in [4.78, 5) is 39.3. The number of hydrazine groups is 1. The third-order valence-electron chi connectivity index (χ3n) is 6.83. The number of fused-ring (bicyclic) bond motifs is 3. The highest BCUT2D eigenvalue weighted by Gasteiger charge is 2.31. The Bertz CT molecular complexity index is 1590. The molecule has 0 heterocycles. The number of benzene rings is 4. The first-order valence-electron chi connectivity index (χ1n) is 13.6. The molecule has 1 aliphatic carbocycles. The summed E-state index contributed by atoms with van der Waals surface area (Å²) in [6.07, 6.45) is -1.08. The Balaban J connectivity index is 1.39. The van der Waals surface area contributed by atoms with Gasteiger partial charge in [0.2, 0.25) is 5.91 Å². The van der Waals surface area contributed by atoms with Gasteiger partial charge in [-0.2, -0.15) is 0 Å². The number of nitrogens with zero attached hydrogens (tertiary/aromatic N) is 1. The quantitative estimate of drug-likeness (QED) is 0.205. The topological polar surface area (TPSA) is 84.9 Å². The minimum atomic E-state index is -1.01. The van der Waals surface area contributed by atoms with Crippen LogP contribution in [0.3, 0.4) is 0 Å². The van der Waals surface area contributed by atoms with Gasteiger partial charge in [0.1, 0.15) is 17.9 Å². The van der Waals surface area contributed by atoms with Gasteiger partial charge in [-0.05, 0) is 60.7 Å². The van der Waals surface area contributed by atoms with Crippen molar-refractivity contribution in [2.45, 2.75) is 38.7 Å². The van der Waals surface area contributed by atoms with E-state index in [9.17, 15) is 14.4 Å². The molecule has 8 heteroatoms. The molecule has 4 aromatic rings. The van der Waals surface area contributed by atoms with Crippen LogP contribution >= 0.6 is 0 Å². The second-order valence-electron chi connectivity index (χ2n) is 11.0. The molecule has 1 N–H and O–H groups in total. The molecule has 0 bridgehead atoms. The van der Waals surface area contributed by atoms with E-state index >= 15 is 4.39 Å². The number of anilines is 1. The maximum absolute atomic E-state index is 15.8. The molecule has 0 radical (unpaired) electrons. The number of carbonyl (C=O) groups is 3. The Labute approximate surface area is 243 Å². The van der Waals surface area contributed by atoms with Crippen molar-refractivity contribution in [2.75, 3.05) is 11.6 Å². The van der Waals surface area contributed by atoms with Crippen molar-refractivity contribution in [1.82, 2.24) is 5.43 Å². The molecule has 0 atom stereocenters. The van der Waals surface area contributed by atoms with Crippen molar-refractivity contribution >= 4 is 23.7 Å². The second-order valence-corrected chi connectivity index (χ2v) is 11.0. The monoisotopic (exact) mass is 566 g/mol. The summed E-state index contributed by atoms with van der Waals surface area (Å²) < 4.78 is 26.7. The third-order valence-corrected chi connectivity index (χ3v) is 6.83. The molecule has 214 valence electrons. The van der Waals surface area contributed by atoms with E-state index in [1.54, 1.807) is 45.0 Å². The summed E-state index contributed by atoms with van der Waals surface area (Å²) in [6.45, 7) is 5.00. The maximum Gasteiger partial charge on any atom is 0.426 e. The van der Waals surface area contributed by atoms with Crippen molar-refractivity contribution in [3.05, 3.63) is 125 Å². The minimum Gasteiger partial charge on any atom is -0.456 e. The van der Waals surface area contributed by atoms with E-state index in [-0.39, 0.29) is 30.2 Å². The Kier molecular flexibility index (Phi) is 8.06. The third kappa shape index (κ3) is 6.17. The van der Waals surface area contributed by atoms with E-state index in [0.29, 0.717) is 5.56 Å². The number of rotatable bonds is 6. The molecule has 1 aliphatic rings. The van der Waals surface area contributed by atoms with Crippen LogP contribution in [0.1, 0.15) is 53.7 Å². The summed E-state index contributed by atoms with van der Waals surface area (Å²) >= 11 is 0. The van der Waals surface area contributed by atoms with Crippen LogP contribution in [0.5, 0.6) is 0 Å². The lowest BCUT2D eigenvalue weighted by molar-refractivity contribution is -0.118. The SMILES string of the molecule is CC(C)(C)OC(=O)c1cccc(N(NC(=O)OCC2c3ccccc3-c3ccccc32)C(=O)Cc2ccccc2)c1F. The maximum atomic E-state index is 15.8. The van der Waals surface area contributed by atoms with Gasteiger partial charge < -0.3 is 9.47 Å². The molecular formula is C34H31FN2O5. The minimum absolute atomic E-state index is 0.000998. The van der Waals surface area contributed by atoms with Crippen LogP contribution < -0.4 is 10.4 Å². The number of amides is 2. The lowest BCUT2D eigenvalue weighted by Gasteiger charge is -2.25. The lowest BCUT2D eigenvalue weighted by Crippen LogP contribution is -2.48. The molecule has 0 unspecified atom stereocenters. The van der Waals surface area contributed by atoms with Crippen molar-refractivity contribution < 1.29 is 28.2 Å².